The average Bonchev–Trinajstić information content (AvgIpc) is 2.86. The van der Waals surface area contributed by atoms with Gasteiger partial charge >= 0.3 is 12.0 Å². The lowest BCUT2D eigenvalue weighted by atomic mass is 10.1. The number of aryl methyl sites for hydroxylation is 2. The normalized spacial score (nSPS) is 19.0. The molecule has 98 valence electrons. The summed E-state index contributed by atoms with van der Waals surface area (Å²) in [6.45, 7) is 2.54. The number of rotatable bonds is 2. The van der Waals surface area contributed by atoms with Crippen molar-refractivity contribution in [1.29, 1.82) is 0 Å². The lowest BCUT2D eigenvalue weighted by Crippen LogP contribution is -2.33. The fourth-order valence-corrected chi connectivity index (χ4v) is 2.06. The number of carboxylic acid groups (broad SMARTS) is 1. The Balaban J connectivity index is 1.97. The molecule has 2 amide bonds. The van der Waals surface area contributed by atoms with Gasteiger partial charge in [-0.15, -0.1) is 0 Å². The zero-order valence-electron chi connectivity index (χ0n) is 10.4. The van der Waals surface area contributed by atoms with Gasteiger partial charge in [0.25, 0.3) is 0 Å². The second-order valence-electron chi connectivity index (χ2n) is 4.50. The first-order chi connectivity index (χ1) is 8.47. The van der Waals surface area contributed by atoms with Crippen LogP contribution in [0.4, 0.5) is 10.5 Å². The molecular weight excluding hydrogens is 236 g/mol. The van der Waals surface area contributed by atoms with Gasteiger partial charge in [0, 0.05) is 26.3 Å². The van der Waals surface area contributed by atoms with Crippen LogP contribution in [0.2, 0.25) is 0 Å². The first-order valence-electron chi connectivity index (χ1n) is 5.76. The number of aromatic nitrogens is 2. The van der Waals surface area contributed by atoms with Gasteiger partial charge in [-0.1, -0.05) is 0 Å². The van der Waals surface area contributed by atoms with Gasteiger partial charge < -0.3 is 15.3 Å². The fourth-order valence-electron chi connectivity index (χ4n) is 2.06. The lowest BCUT2D eigenvalue weighted by Gasteiger charge is -2.16. The molecule has 0 aliphatic carbocycles. The third-order valence-corrected chi connectivity index (χ3v) is 3.08. The van der Waals surface area contributed by atoms with Crippen molar-refractivity contribution in [2.45, 2.75) is 13.3 Å². The minimum atomic E-state index is -0.845. The Hall–Kier alpha value is -2.05. The van der Waals surface area contributed by atoms with Crippen LogP contribution in [0, 0.1) is 12.8 Å². The van der Waals surface area contributed by atoms with Crippen LogP contribution >= 0.6 is 0 Å². The van der Waals surface area contributed by atoms with Crippen molar-refractivity contribution in [2.24, 2.45) is 13.0 Å². The van der Waals surface area contributed by atoms with Crippen molar-refractivity contribution in [3.63, 3.8) is 0 Å². The number of nitrogens with zero attached hydrogens (tertiary/aromatic N) is 3. The van der Waals surface area contributed by atoms with Gasteiger partial charge in [-0.25, -0.2) is 4.79 Å². The van der Waals surface area contributed by atoms with Crippen LogP contribution in [-0.4, -0.2) is 44.9 Å². The van der Waals surface area contributed by atoms with Crippen LogP contribution in [0.5, 0.6) is 0 Å². The van der Waals surface area contributed by atoms with Crippen LogP contribution < -0.4 is 5.32 Å². The number of hydrogen-bond acceptors (Lipinski definition) is 3. The summed E-state index contributed by atoms with van der Waals surface area (Å²) in [5.74, 6) is -1.30. The Morgan fingerprint density at radius 2 is 2.28 bits per heavy atom. The number of carboxylic acids is 1. The Kier molecular flexibility index (Phi) is 3.22. The van der Waals surface area contributed by atoms with Crippen molar-refractivity contribution in [1.82, 2.24) is 14.7 Å². The van der Waals surface area contributed by atoms with Gasteiger partial charge in [0.1, 0.15) is 0 Å². The van der Waals surface area contributed by atoms with Crippen LogP contribution in [0.15, 0.2) is 6.20 Å². The molecule has 2 N–H and O–H groups in total. The molecule has 1 unspecified atom stereocenters. The van der Waals surface area contributed by atoms with Gasteiger partial charge in [-0.2, -0.15) is 5.10 Å². The quantitative estimate of drug-likeness (QED) is 0.809. The summed E-state index contributed by atoms with van der Waals surface area (Å²) in [4.78, 5) is 24.3. The molecule has 7 nitrogen and oxygen atoms in total. The summed E-state index contributed by atoms with van der Waals surface area (Å²) in [6.07, 6.45) is 2.23. The molecule has 2 rings (SSSR count). The second-order valence-corrected chi connectivity index (χ2v) is 4.50. The fraction of sp³-hybridized carbons (Fsp3) is 0.545. The number of carbonyl (C=O) groups excluding carboxylic acids is 1. The molecule has 0 saturated carbocycles. The number of likely N-dealkylation sites (tertiary alicyclic amines) is 1. The zero-order chi connectivity index (χ0) is 13.3. The first kappa shape index (κ1) is 12.4. The predicted octanol–water partition coefficient (Wildman–Crippen LogP) is 0.667. The molecule has 2 heterocycles. The second kappa shape index (κ2) is 4.67. The van der Waals surface area contributed by atoms with Gasteiger partial charge in [-0.3, -0.25) is 9.48 Å². The van der Waals surface area contributed by atoms with Gasteiger partial charge in [-0.05, 0) is 13.3 Å². The van der Waals surface area contributed by atoms with Crippen molar-refractivity contribution in [2.75, 3.05) is 18.4 Å². The monoisotopic (exact) mass is 252 g/mol. The largest absolute Gasteiger partial charge is 0.481 e. The predicted molar refractivity (Wildman–Crippen MR) is 64.3 cm³/mol. The SMILES string of the molecule is Cc1nn(C)cc1NC(=O)N1CCC(C(=O)O)C1. The maximum absolute atomic E-state index is 11.9. The van der Waals surface area contributed by atoms with Crippen molar-refractivity contribution in [3.05, 3.63) is 11.9 Å². The molecule has 18 heavy (non-hydrogen) atoms. The number of urea groups is 1. The number of carbonyl (C=O) groups is 2. The van der Waals surface area contributed by atoms with E-state index in [0.29, 0.717) is 18.7 Å². The Morgan fingerprint density at radius 3 is 2.78 bits per heavy atom. The van der Waals surface area contributed by atoms with E-state index in [0.717, 1.165) is 5.69 Å². The highest BCUT2D eigenvalue weighted by Gasteiger charge is 2.31. The van der Waals surface area contributed by atoms with E-state index in [-0.39, 0.29) is 12.6 Å². The Morgan fingerprint density at radius 1 is 1.56 bits per heavy atom. The maximum atomic E-state index is 11.9. The van der Waals surface area contributed by atoms with E-state index in [1.165, 1.54) is 4.90 Å². The highest BCUT2D eigenvalue weighted by molar-refractivity contribution is 5.90. The molecule has 1 aromatic rings. The van der Waals surface area contributed by atoms with Crippen molar-refractivity contribution >= 4 is 17.7 Å². The highest BCUT2D eigenvalue weighted by atomic mass is 16.4. The van der Waals surface area contributed by atoms with Crippen molar-refractivity contribution in [3.8, 4) is 0 Å². The minimum absolute atomic E-state index is 0.264. The highest BCUT2D eigenvalue weighted by Crippen LogP contribution is 2.18. The molecule has 7 heteroatoms. The molecule has 0 aromatic carbocycles. The first-order valence-corrected chi connectivity index (χ1v) is 5.76. The number of nitrogens with one attached hydrogen (secondary N) is 1. The summed E-state index contributed by atoms with van der Waals surface area (Å²) in [6, 6.07) is -0.269. The average molecular weight is 252 g/mol. The summed E-state index contributed by atoms with van der Waals surface area (Å²) in [5, 5.41) is 15.7. The van der Waals surface area contributed by atoms with Crippen LogP contribution in [0.3, 0.4) is 0 Å². The molecule has 1 atom stereocenters. The summed E-state index contributed by atoms with van der Waals surface area (Å²) < 4.78 is 1.62. The number of anilines is 1. The Labute approximate surface area is 104 Å². The van der Waals surface area contributed by atoms with Crippen LogP contribution in [0.1, 0.15) is 12.1 Å². The van der Waals surface area contributed by atoms with E-state index < -0.39 is 11.9 Å². The third-order valence-electron chi connectivity index (χ3n) is 3.08. The molecule has 1 aliphatic rings. The standard InChI is InChI=1S/C11H16N4O3/c1-7-9(6-14(2)13-7)12-11(18)15-4-3-8(5-15)10(16)17/h6,8H,3-5H2,1-2H3,(H,12,18)(H,16,17). The third kappa shape index (κ3) is 2.44. The number of amides is 2. The maximum Gasteiger partial charge on any atom is 0.321 e. The van der Waals surface area contributed by atoms with E-state index in [2.05, 4.69) is 10.4 Å². The van der Waals surface area contributed by atoms with Gasteiger partial charge in [0.2, 0.25) is 0 Å². The molecule has 1 aromatic heterocycles. The summed E-state index contributed by atoms with van der Waals surface area (Å²) >= 11 is 0. The number of hydrogen-bond donors (Lipinski definition) is 2. The zero-order valence-corrected chi connectivity index (χ0v) is 10.4. The minimum Gasteiger partial charge on any atom is -0.481 e. The summed E-state index contributed by atoms with van der Waals surface area (Å²) in [5.41, 5.74) is 1.39. The van der Waals surface area contributed by atoms with E-state index in [9.17, 15) is 9.59 Å². The Bertz CT molecular complexity index is 483. The smallest absolute Gasteiger partial charge is 0.321 e. The number of aliphatic carboxylic acids is 1. The summed E-state index contributed by atoms with van der Waals surface area (Å²) in [7, 11) is 1.78. The molecule has 0 spiro atoms. The van der Waals surface area contributed by atoms with Gasteiger partial charge in [0.05, 0.1) is 17.3 Å². The molecule has 1 saturated heterocycles. The molecule has 0 bridgehead atoms. The molecule has 0 radical (unpaired) electrons. The molecular formula is C11H16N4O3. The molecule has 1 fully saturated rings. The van der Waals surface area contributed by atoms with E-state index in [1.807, 2.05) is 0 Å². The van der Waals surface area contributed by atoms with E-state index in [1.54, 1.807) is 24.9 Å². The van der Waals surface area contributed by atoms with E-state index >= 15 is 0 Å². The molecule has 1 aliphatic heterocycles. The van der Waals surface area contributed by atoms with Crippen LogP contribution in [0.25, 0.3) is 0 Å². The topological polar surface area (TPSA) is 87.5 Å². The lowest BCUT2D eigenvalue weighted by molar-refractivity contribution is -0.141. The van der Waals surface area contributed by atoms with Gasteiger partial charge in [0.15, 0.2) is 0 Å². The van der Waals surface area contributed by atoms with Crippen molar-refractivity contribution < 1.29 is 14.7 Å². The van der Waals surface area contributed by atoms with Crippen LogP contribution in [-0.2, 0) is 11.8 Å². The van der Waals surface area contributed by atoms with E-state index in [4.69, 9.17) is 5.11 Å².